The van der Waals surface area contributed by atoms with Crippen molar-refractivity contribution in [2.45, 2.75) is 6.42 Å². The van der Waals surface area contributed by atoms with Crippen LogP contribution in [-0.4, -0.2) is 47.9 Å². The van der Waals surface area contributed by atoms with Crippen LogP contribution < -0.4 is 5.32 Å². The van der Waals surface area contributed by atoms with E-state index in [4.69, 9.17) is 5.11 Å². The molecule has 2 aliphatic rings. The lowest BCUT2D eigenvalue weighted by Gasteiger charge is -2.17. The van der Waals surface area contributed by atoms with Gasteiger partial charge in [-0.2, -0.15) is 0 Å². The number of nitrogens with one attached hydrogen (secondary N) is 1. The molecule has 2 rings (SSSR count). The van der Waals surface area contributed by atoms with Crippen molar-refractivity contribution in [1.82, 2.24) is 10.2 Å². The van der Waals surface area contributed by atoms with Crippen molar-refractivity contribution in [1.29, 1.82) is 0 Å². The van der Waals surface area contributed by atoms with Crippen LogP contribution in [-0.2, 0) is 14.4 Å². The van der Waals surface area contributed by atoms with E-state index in [-0.39, 0.29) is 11.8 Å². The molecule has 1 heterocycles. The Kier molecular flexibility index (Phi) is 2.67. The van der Waals surface area contributed by atoms with Crippen molar-refractivity contribution in [3.8, 4) is 0 Å². The Bertz CT molecular complexity index is 333. The van der Waals surface area contributed by atoms with Gasteiger partial charge in [0.1, 0.15) is 0 Å². The smallest absolute Gasteiger partial charge is 0.308 e. The molecule has 0 bridgehead atoms. The summed E-state index contributed by atoms with van der Waals surface area (Å²) in [6, 6.07) is 0. The first kappa shape index (κ1) is 11.1. The van der Waals surface area contributed by atoms with Crippen LogP contribution in [0.2, 0.25) is 0 Å². The zero-order valence-electron chi connectivity index (χ0n) is 8.97. The number of carbonyl (C=O) groups is 3. The largest absolute Gasteiger partial charge is 0.481 e. The fraction of sp³-hybridized carbons (Fsp3) is 0.700. The number of likely N-dealkylation sites (tertiary alicyclic amines) is 1. The summed E-state index contributed by atoms with van der Waals surface area (Å²) in [7, 11) is 1.80. The van der Waals surface area contributed by atoms with Gasteiger partial charge in [-0.05, 0) is 20.0 Å². The van der Waals surface area contributed by atoms with Gasteiger partial charge in [-0.1, -0.05) is 0 Å². The van der Waals surface area contributed by atoms with E-state index in [0.717, 1.165) is 6.54 Å². The number of amides is 2. The van der Waals surface area contributed by atoms with Gasteiger partial charge in [0.05, 0.1) is 17.8 Å². The summed E-state index contributed by atoms with van der Waals surface area (Å²) in [5.41, 5.74) is 0. The van der Waals surface area contributed by atoms with Gasteiger partial charge in [-0.3, -0.25) is 19.3 Å². The third-order valence-electron chi connectivity index (χ3n) is 3.22. The molecule has 0 aromatic carbocycles. The second-order valence-corrected chi connectivity index (χ2v) is 4.20. The van der Waals surface area contributed by atoms with Crippen LogP contribution in [0.25, 0.3) is 0 Å². The molecule has 2 unspecified atom stereocenters. The molecular formula is C10H14N2O4. The van der Waals surface area contributed by atoms with Crippen molar-refractivity contribution >= 4 is 17.8 Å². The van der Waals surface area contributed by atoms with Crippen LogP contribution >= 0.6 is 0 Å². The Morgan fingerprint density at radius 3 is 2.38 bits per heavy atom. The minimum Gasteiger partial charge on any atom is -0.481 e. The predicted molar refractivity (Wildman–Crippen MR) is 53.4 cm³/mol. The lowest BCUT2D eigenvalue weighted by Crippen LogP contribution is -2.37. The Hall–Kier alpha value is -1.43. The maximum Gasteiger partial charge on any atom is 0.308 e. The quantitative estimate of drug-likeness (QED) is 0.459. The van der Waals surface area contributed by atoms with Gasteiger partial charge < -0.3 is 10.4 Å². The second kappa shape index (κ2) is 3.86. The summed E-state index contributed by atoms with van der Waals surface area (Å²) >= 11 is 0. The highest BCUT2D eigenvalue weighted by Gasteiger charge is 2.70. The maximum absolute atomic E-state index is 11.7. The van der Waals surface area contributed by atoms with Crippen LogP contribution in [0.4, 0.5) is 0 Å². The molecule has 2 atom stereocenters. The number of carboxylic acid groups (broad SMARTS) is 1. The number of rotatable bonds is 5. The van der Waals surface area contributed by atoms with Gasteiger partial charge in [0.15, 0.2) is 0 Å². The Morgan fingerprint density at radius 2 is 1.94 bits per heavy atom. The number of hydrogen-bond acceptors (Lipinski definition) is 4. The molecule has 2 N–H and O–H groups in total. The first-order valence-electron chi connectivity index (χ1n) is 5.32. The van der Waals surface area contributed by atoms with Crippen LogP contribution in [0.1, 0.15) is 6.42 Å². The summed E-state index contributed by atoms with van der Waals surface area (Å²) in [6.07, 6.45) is 0.700. The summed E-state index contributed by atoms with van der Waals surface area (Å²) in [5, 5.41) is 11.7. The van der Waals surface area contributed by atoms with E-state index in [9.17, 15) is 14.4 Å². The van der Waals surface area contributed by atoms with Crippen molar-refractivity contribution in [3.05, 3.63) is 0 Å². The highest BCUT2D eigenvalue weighted by atomic mass is 16.4. The SMILES string of the molecule is CNCCCN1C(=O)C2C(C(=O)O)C2C1=O. The fourth-order valence-electron chi connectivity index (χ4n) is 2.34. The minimum absolute atomic E-state index is 0.307. The van der Waals surface area contributed by atoms with Crippen molar-refractivity contribution < 1.29 is 19.5 Å². The van der Waals surface area contributed by atoms with Gasteiger partial charge in [0.2, 0.25) is 11.8 Å². The molecule has 2 fully saturated rings. The van der Waals surface area contributed by atoms with Gasteiger partial charge in [-0.25, -0.2) is 0 Å². The third-order valence-corrected chi connectivity index (χ3v) is 3.22. The first-order chi connectivity index (χ1) is 7.59. The van der Waals surface area contributed by atoms with Crippen LogP contribution in [0.15, 0.2) is 0 Å². The van der Waals surface area contributed by atoms with Crippen molar-refractivity contribution in [2.24, 2.45) is 17.8 Å². The topological polar surface area (TPSA) is 86.7 Å². The Labute approximate surface area is 92.6 Å². The highest BCUT2D eigenvalue weighted by Crippen LogP contribution is 2.53. The lowest BCUT2D eigenvalue weighted by atomic mass is 10.2. The van der Waals surface area contributed by atoms with Crippen LogP contribution in [0.3, 0.4) is 0 Å². The van der Waals surface area contributed by atoms with E-state index >= 15 is 0 Å². The minimum atomic E-state index is -1.04. The number of aliphatic carboxylic acids is 1. The Morgan fingerprint density at radius 1 is 1.38 bits per heavy atom. The van der Waals surface area contributed by atoms with E-state index < -0.39 is 23.7 Å². The van der Waals surface area contributed by atoms with Gasteiger partial charge in [0, 0.05) is 6.54 Å². The molecule has 1 aliphatic heterocycles. The van der Waals surface area contributed by atoms with Gasteiger partial charge in [0.25, 0.3) is 0 Å². The molecule has 88 valence electrons. The number of hydrogen-bond donors (Lipinski definition) is 2. The molecule has 2 amide bonds. The molecule has 0 spiro atoms. The molecule has 1 saturated carbocycles. The summed E-state index contributed by atoms with van der Waals surface area (Å²) < 4.78 is 0. The highest BCUT2D eigenvalue weighted by molar-refractivity contribution is 6.13. The maximum atomic E-state index is 11.7. The van der Waals surface area contributed by atoms with E-state index in [0.29, 0.717) is 13.0 Å². The number of carboxylic acids is 1. The molecule has 16 heavy (non-hydrogen) atoms. The number of carbonyl (C=O) groups excluding carboxylic acids is 2. The van der Waals surface area contributed by atoms with E-state index in [1.54, 1.807) is 7.05 Å². The van der Waals surface area contributed by atoms with Gasteiger partial charge in [-0.15, -0.1) is 0 Å². The molecule has 6 nitrogen and oxygen atoms in total. The molecule has 0 radical (unpaired) electrons. The van der Waals surface area contributed by atoms with Crippen LogP contribution in [0, 0.1) is 17.8 Å². The summed E-state index contributed by atoms with van der Waals surface area (Å²) in [5.74, 6) is -3.58. The normalized spacial score (nSPS) is 31.8. The predicted octanol–water partition coefficient (Wildman–Crippen LogP) is -1.09. The second-order valence-electron chi connectivity index (χ2n) is 4.20. The number of fused-ring (bicyclic) bond motifs is 1. The van der Waals surface area contributed by atoms with E-state index in [2.05, 4.69) is 5.32 Å². The molecule has 6 heteroatoms. The first-order valence-corrected chi connectivity index (χ1v) is 5.32. The summed E-state index contributed by atoms with van der Waals surface area (Å²) in [6.45, 7) is 1.12. The van der Waals surface area contributed by atoms with Crippen molar-refractivity contribution in [3.63, 3.8) is 0 Å². The third kappa shape index (κ3) is 1.49. The number of piperidine rings is 1. The fourth-order valence-corrected chi connectivity index (χ4v) is 2.34. The van der Waals surface area contributed by atoms with Crippen LogP contribution in [0.5, 0.6) is 0 Å². The molecule has 0 aromatic rings. The monoisotopic (exact) mass is 226 g/mol. The van der Waals surface area contributed by atoms with E-state index in [1.807, 2.05) is 0 Å². The van der Waals surface area contributed by atoms with Crippen molar-refractivity contribution in [2.75, 3.05) is 20.1 Å². The zero-order valence-corrected chi connectivity index (χ0v) is 8.97. The average Bonchev–Trinajstić information content (AvgIpc) is 2.92. The number of imide groups is 1. The number of nitrogens with zero attached hydrogens (tertiary/aromatic N) is 1. The van der Waals surface area contributed by atoms with Gasteiger partial charge >= 0.3 is 5.97 Å². The average molecular weight is 226 g/mol. The zero-order chi connectivity index (χ0) is 11.9. The molecule has 0 aromatic heterocycles. The standard InChI is InChI=1S/C10H14N2O4/c1-11-3-2-4-12-8(13)5-6(9(12)14)7(5)10(15)16/h5-7,11H,2-4H2,1H3,(H,15,16). The summed E-state index contributed by atoms with van der Waals surface area (Å²) in [4.78, 5) is 35.3. The molecule has 1 aliphatic carbocycles. The molecule has 1 saturated heterocycles. The van der Waals surface area contributed by atoms with E-state index in [1.165, 1.54) is 4.90 Å². The molecular weight excluding hydrogens is 212 g/mol. The lowest BCUT2D eigenvalue weighted by molar-refractivity contribution is -0.148. The Balaban J connectivity index is 1.95.